The van der Waals surface area contributed by atoms with Crippen molar-refractivity contribution in [3.63, 3.8) is 0 Å². The van der Waals surface area contributed by atoms with Gasteiger partial charge in [0.15, 0.2) is 0 Å². The Bertz CT molecular complexity index is 703. The Balaban J connectivity index is 2.34. The standard InChI is InChI=1S/C17H26N2O4S/c1-12-7-8-15(10-16(12)17(21)18-13(2)11-20)24(22,23)19-9-5-4-6-14(19)3/h7-8,10,13-14,20H,4-6,9,11H2,1-3H3,(H,18,21)/t13-,14-/m1/s1. The number of nitrogens with one attached hydrogen (secondary N) is 1. The molecule has 0 aliphatic carbocycles. The predicted molar refractivity (Wildman–Crippen MR) is 92.4 cm³/mol. The number of carbonyl (C=O) groups excluding carboxylic acids is 1. The molecule has 2 atom stereocenters. The van der Waals surface area contributed by atoms with Crippen molar-refractivity contribution in [3.8, 4) is 0 Å². The fourth-order valence-corrected chi connectivity index (χ4v) is 4.64. The minimum atomic E-state index is -3.61. The van der Waals surface area contributed by atoms with Gasteiger partial charge in [0.2, 0.25) is 10.0 Å². The van der Waals surface area contributed by atoms with E-state index in [1.54, 1.807) is 26.0 Å². The highest BCUT2D eigenvalue weighted by atomic mass is 32.2. The van der Waals surface area contributed by atoms with Crippen molar-refractivity contribution in [2.75, 3.05) is 13.2 Å². The molecule has 134 valence electrons. The summed E-state index contributed by atoms with van der Waals surface area (Å²) in [4.78, 5) is 12.5. The molecule has 1 amide bonds. The van der Waals surface area contributed by atoms with Crippen LogP contribution in [0.25, 0.3) is 0 Å². The summed E-state index contributed by atoms with van der Waals surface area (Å²) < 4.78 is 27.4. The number of nitrogens with zero attached hydrogens (tertiary/aromatic N) is 1. The molecular formula is C17H26N2O4S. The fraction of sp³-hybridized carbons (Fsp3) is 0.588. The average Bonchev–Trinajstić information content (AvgIpc) is 2.55. The Morgan fingerprint density at radius 3 is 2.75 bits per heavy atom. The zero-order chi connectivity index (χ0) is 17.9. The van der Waals surface area contributed by atoms with Crippen LogP contribution in [0.1, 0.15) is 49.0 Å². The molecule has 0 spiro atoms. The summed E-state index contributed by atoms with van der Waals surface area (Å²) in [5.41, 5.74) is 1.02. The molecule has 1 aliphatic rings. The normalized spacial score (nSPS) is 20.6. The van der Waals surface area contributed by atoms with E-state index in [0.29, 0.717) is 17.7 Å². The van der Waals surface area contributed by atoms with Crippen LogP contribution in [-0.4, -0.2) is 49.0 Å². The molecule has 6 nitrogen and oxygen atoms in total. The number of benzene rings is 1. The van der Waals surface area contributed by atoms with Crippen LogP contribution in [0.5, 0.6) is 0 Å². The third kappa shape index (κ3) is 3.96. The minimum Gasteiger partial charge on any atom is -0.394 e. The average molecular weight is 354 g/mol. The molecule has 0 saturated carbocycles. The van der Waals surface area contributed by atoms with E-state index in [4.69, 9.17) is 5.11 Å². The maximum Gasteiger partial charge on any atom is 0.251 e. The quantitative estimate of drug-likeness (QED) is 0.842. The van der Waals surface area contributed by atoms with Gasteiger partial charge in [-0.3, -0.25) is 4.79 Å². The van der Waals surface area contributed by atoms with Crippen molar-refractivity contribution >= 4 is 15.9 Å². The number of hydrogen-bond acceptors (Lipinski definition) is 4. The Morgan fingerprint density at radius 2 is 2.12 bits per heavy atom. The number of rotatable bonds is 5. The van der Waals surface area contributed by atoms with Gasteiger partial charge in [-0.05, 0) is 51.3 Å². The van der Waals surface area contributed by atoms with E-state index in [1.807, 2.05) is 6.92 Å². The molecular weight excluding hydrogens is 328 g/mol. The van der Waals surface area contributed by atoms with E-state index in [0.717, 1.165) is 19.3 Å². The monoisotopic (exact) mass is 354 g/mol. The number of amides is 1. The highest BCUT2D eigenvalue weighted by molar-refractivity contribution is 7.89. The molecule has 1 aromatic carbocycles. The minimum absolute atomic E-state index is 0.0308. The van der Waals surface area contributed by atoms with Crippen LogP contribution in [0, 0.1) is 6.92 Å². The first-order valence-electron chi connectivity index (χ1n) is 8.31. The van der Waals surface area contributed by atoms with Gasteiger partial charge in [-0.15, -0.1) is 0 Å². The second kappa shape index (κ2) is 7.63. The van der Waals surface area contributed by atoms with E-state index >= 15 is 0 Å². The Kier molecular flexibility index (Phi) is 6.01. The number of sulfonamides is 1. The van der Waals surface area contributed by atoms with Gasteiger partial charge >= 0.3 is 0 Å². The van der Waals surface area contributed by atoms with Crippen LogP contribution in [0.4, 0.5) is 0 Å². The number of aryl methyl sites for hydroxylation is 1. The summed E-state index contributed by atoms with van der Waals surface area (Å²) in [6.45, 7) is 5.71. The lowest BCUT2D eigenvalue weighted by atomic mass is 10.1. The Labute approximate surface area is 143 Å². The maximum atomic E-state index is 12.9. The van der Waals surface area contributed by atoms with Gasteiger partial charge in [0.1, 0.15) is 0 Å². The number of piperidine rings is 1. The van der Waals surface area contributed by atoms with Crippen molar-refractivity contribution in [2.24, 2.45) is 0 Å². The van der Waals surface area contributed by atoms with Crippen LogP contribution in [0.2, 0.25) is 0 Å². The molecule has 2 rings (SSSR count). The smallest absolute Gasteiger partial charge is 0.251 e. The van der Waals surface area contributed by atoms with Crippen molar-refractivity contribution in [1.82, 2.24) is 9.62 Å². The summed E-state index contributed by atoms with van der Waals surface area (Å²) in [6, 6.07) is 4.22. The third-order valence-electron chi connectivity index (χ3n) is 4.45. The van der Waals surface area contributed by atoms with Gasteiger partial charge in [0, 0.05) is 24.2 Å². The van der Waals surface area contributed by atoms with E-state index in [-0.39, 0.29) is 29.5 Å². The molecule has 0 aromatic heterocycles. The molecule has 0 radical (unpaired) electrons. The summed E-state index contributed by atoms with van der Waals surface area (Å²) in [6.07, 6.45) is 2.75. The zero-order valence-corrected chi connectivity index (χ0v) is 15.3. The SMILES string of the molecule is Cc1ccc(S(=O)(=O)N2CCCC[C@H]2C)cc1C(=O)N[C@H](C)CO. The topological polar surface area (TPSA) is 86.7 Å². The summed E-state index contributed by atoms with van der Waals surface area (Å²) >= 11 is 0. The second-order valence-electron chi connectivity index (χ2n) is 6.49. The van der Waals surface area contributed by atoms with Gasteiger partial charge in [-0.2, -0.15) is 4.31 Å². The van der Waals surface area contributed by atoms with E-state index in [9.17, 15) is 13.2 Å². The largest absolute Gasteiger partial charge is 0.394 e. The van der Waals surface area contributed by atoms with Crippen molar-refractivity contribution in [3.05, 3.63) is 29.3 Å². The molecule has 1 heterocycles. The molecule has 7 heteroatoms. The molecule has 1 aliphatic heterocycles. The van der Waals surface area contributed by atoms with Crippen LogP contribution in [-0.2, 0) is 10.0 Å². The first-order chi connectivity index (χ1) is 11.3. The first kappa shape index (κ1) is 18.9. The van der Waals surface area contributed by atoms with Crippen LogP contribution >= 0.6 is 0 Å². The summed E-state index contributed by atoms with van der Waals surface area (Å²) in [5.74, 6) is -0.377. The molecule has 1 aromatic rings. The highest BCUT2D eigenvalue weighted by Crippen LogP contribution is 2.26. The number of aliphatic hydroxyl groups excluding tert-OH is 1. The van der Waals surface area contributed by atoms with Crippen molar-refractivity contribution < 1.29 is 18.3 Å². The zero-order valence-electron chi connectivity index (χ0n) is 14.4. The number of carbonyl (C=O) groups is 1. The molecule has 1 fully saturated rings. The number of aliphatic hydroxyl groups is 1. The molecule has 2 N–H and O–H groups in total. The molecule has 0 bridgehead atoms. The number of hydrogen-bond donors (Lipinski definition) is 2. The van der Waals surface area contributed by atoms with E-state index < -0.39 is 10.0 Å². The van der Waals surface area contributed by atoms with Gasteiger partial charge in [0.05, 0.1) is 11.5 Å². The van der Waals surface area contributed by atoms with E-state index in [2.05, 4.69) is 5.32 Å². The first-order valence-corrected chi connectivity index (χ1v) is 9.75. The Hall–Kier alpha value is -1.44. The van der Waals surface area contributed by atoms with Crippen LogP contribution in [0.15, 0.2) is 23.1 Å². The highest BCUT2D eigenvalue weighted by Gasteiger charge is 2.31. The van der Waals surface area contributed by atoms with Gasteiger partial charge in [-0.1, -0.05) is 12.5 Å². The van der Waals surface area contributed by atoms with Crippen molar-refractivity contribution in [1.29, 1.82) is 0 Å². The predicted octanol–water partition coefficient (Wildman–Crippen LogP) is 1.67. The second-order valence-corrected chi connectivity index (χ2v) is 8.38. The van der Waals surface area contributed by atoms with Crippen LogP contribution < -0.4 is 5.32 Å². The molecule has 24 heavy (non-hydrogen) atoms. The van der Waals surface area contributed by atoms with Crippen LogP contribution in [0.3, 0.4) is 0 Å². The molecule has 0 unspecified atom stereocenters. The summed E-state index contributed by atoms with van der Waals surface area (Å²) in [5, 5.41) is 11.7. The molecule has 1 saturated heterocycles. The Morgan fingerprint density at radius 1 is 1.42 bits per heavy atom. The van der Waals surface area contributed by atoms with Gasteiger partial charge in [-0.25, -0.2) is 8.42 Å². The third-order valence-corrected chi connectivity index (χ3v) is 6.46. The van der Waals surface area contributed by atoms with Crippen molar-refractivity contribution in [2.45, 2.75) is 57.0 Å². The van der Waals surface area contributed by atoms with E-state index in [1.165, 1.54) is 10.4 Å². The summed E-state index contributed by atoms with van der Waals surface area (Å²) in [7, 11) is -3.61. The maximum absolute atomic E-state index is 12.9. The van der Waals surface area contributed by atoms with Gasteiger partial charge < -0.3 is 10.4 Å². The fourth-order valence-electron chi connectivity index (χ4n) is 2.92. The lowest BCUT2D eigenvalue weighted by Crippen LogP contribution is -2.42. The van der Waals surface area contributed by atoms with Gasteiger partial charge in [0.25, 0.3) is 5.91 Å². The lowest BCUT2D eigenvalue weighted by Gasteiger charge is -2.32. The lowest BCUT2D eigenvalue weighted by molar-refractivity contribution is 0.0921.